The molecule has 2 atom stereocenters. The van der Waals surface area contributed by atoms with Gasteiger partial charge >= 0.3 is 0 Å². The molecule has 2 nitrogen and oxygen atoms in total. The van der Waals surface area contributed by atoms with Crippen molar-refractivity contribution in [2.75, 3.05) is 6.79 Å². The molecule has 1 heterocycles. The first-order valence-corrected chi connectivity index (χ1v) is 3.57. The van der Waals surface area contributed by atoms with Gasteiger partial charge in [0.05, 0.1) is 12.2 Å². The molecule has 0 unspecified atom stereocenters. The van der Waals surface area contributed by atoms with E-state index in [1.807, 2.05) is 0 Å². The molecule has 0 aromatic rings. The molecule has 1 aliphatic heterocycles. The molecule has 1 saturated heterocycles. The van der Waals surface area contributed by atoms with E-state index >= 15 is 0 Å². The Bertz CT molecular complexity index is 83.0. The molecule has 0 amide bonds. The number of rotatable bonds is 2. The second-order valence-corrected chi connectivity index (χ2v) is 2.48. The van der Waals surface area contributed by atoms with E-state index in [9.17, 15) is 0 Å². The topological polar surface area (TPSA) is 18.5 Å². The third-order valence-corrected chi connectivity index (χ3v) is 1.71. The van der Waals surface area contributed by atoms with Crippen LogP contribution in [0.5, 0.6) is 0 Å². The quantitative estimate of drug-likeness (QED) is 0.564. The zero-order chi connectivity index (χ0) is 6.69. The summed E-state index contributed by atoms with van der Waals surface area (Å²) < 4.78 is 10.5. The number of ether oxygens (including phenoxy) is 2. The Labute approximate surface area is 56.2 Å². The summed E-state index contributed by atoms with van der Waals surface area (Å²) in [5.41, 5.74) is 0. The van der Waals surface area contributed by atoms with Crippen LogP contribution in [0.15, 0.2) is 0 Å². The molecule has 0 aromatic carbocycles. The van der Waals surface area contributed by atoms with E-state index < -0.39 is 0 Å². The summed E-state index contributed by atoms with van der Waals surface area (Å²) in [7, 11) is 0. The largest absolute Gasteiger partial charge is 0.350 e. The van der Waals surface area contributed by atoms with Gasteiger partial charge in [0.1, 0.15) is 6.79 Å². The smallest absolute Gasteiger partial charge is 0.147 e. The summed E-state index contributed by atoms with van der Waals surface area (Å²) in [6.07, 6.45) is 2.97. The molecule has 54 valence electrons. The Kier molecular flexibility index (Phi) is 2.49. The van der Waals surface area contributed by atoms with Crippen molar-refractivity contribution in [3.63, 3.8) is 0 Å². The van der Waals surface area contributed by atoms with Crippen LogP contribution >= 0.6 is 0 Å². The monoisotopic (exact) mass is 130 g/mol. The molecule has 0 bridgehead atoms. The molecule has 0 aliphatic carbocycles. The van der Waals surface area contributed by atoms with E-state index in [1.165, 1.54) is 6.42 Å². The first kappa shape index (κ1) is 7.03. The molecule has 1 fully saturated rings. The molecule has 0 radical (unpaired) electrons. The van der Waals surface area contributed by atoms with Crippen LogP contribution in [0.25, 0.3) is 0 Å². The van der Waals surface area contributed by atoms with Gasteiger partial charge in [0.15, 0.2) is 0 Å². The lowest BCUT2D eigenvalue weighted by Crippen LogP contribution is -2.18. The fourth-order valence-electron chi connectivity index (χ4n) is 1.08. The van der Waals surface area contributed by atoms with Crippen molar-refractivity contribution in [1.29, 1.82) is 0 Å². The van der Waals surface area contributed by atoms with Crippen LogP contribution < -0.4 is 0 Å². The SMILES string of the molecule is CCC[C@H]1OCO[C@H]1C. The van der Waals surface area contributed by atoms with E-state index in [0.29, 0.717) is 19.0 Å². The predicted molar refractivity (Wildman–Crippen MR) is 35.2 cm³/mol. The molecule has 0 aromatic heterocycles. The lowest BCUT2D eigenvalue weighted by atomic mass is 10.1. The third kappa shape index (κ3) is 1.66. The van der Waals surface area contributed by atoms with Gasteiger partial charge in [-0.15, -0.1) is 0 Å². The summed E-state index contributed by atoms with van der Waals surface area (Å²) >= 11 is 0. The van der Waals surface area contributed by atoms with Gasteiger partial charge in [-0.05, 0) is 13.3 Å². The molecule has 1 aliphatic rings. The maximum absolute atomic E-state index is 5.28. The van der Waals surface area contributed by atoms with E-state index in [0.717, 1.165) is 6.42 Å². The van der Waals surface area contributed by atoms with Crippen LogP contribution in [0.2, 0.25) is 0 Å². The van der Waals surface area contributed by atoms with Gasteiger partial charge < -0.3 is 9.47 Å². The normalized spacial score (nSPS) is 35.3. The van der Waals surface area contributed by atoms with Gasteiger partial charge in [0.2, 0.25) is 0 Å². The molecule has 0 N–H and O–H groups in total. The summed E-state index contributed by atoms with van der Waals surface area (Å²) in [5.74, 6) is 0. The third-order valence-electron chi connectivity index (χ3n) is 1.71. The summed E-state index contributed by atoms with van der Waals surface area (Å²) in [4.78, 5) is 0. The lowest BCUT2D eigenvalue weighted by molar-refractivity contribution is 0.0392. The van der Waals surface area contributed by atoms with Gasteiger partial charge in [-0.1, -0.05) is 13.3 Å². The Balaban J connectivity index is 2.22. The van der Waals surface area contributed by atoms with Crippen LogP contribution in [0.1, 0.15) is 26.7 Å². The summed E-state index contributed by atoms with van der Waals surface area (Å²) in [6, 6.07) is 0. The number of hydrogen-bond acceptors (Lipinski definition) is 2. The van der Waals surface area contributed by atoms with Gasteiger partial charge in [0.25, 0.3) is 0 Å². The maximum atomic E-state index is 5.28. The molecule has 1 rings (SSSR count). The van der Waals surface area contributed by atoms with Gasteiger partial charge in [0, 0.05) is 0 Å². The minimum atomic E-state index is 0.310. The van der Waals surface area contributed by atoms with E-state index in [2.05, 4.69) is 13.8 Å². The fourth-order valence-corrected chi connectivity index (χ4v) is 1.08. The van der Waals surface area contributed by atoms with Crippen LogP contribution in [-0.2, 0) is 9.47 Å². The van der Waals surface area contributed by atoms with E-state index in [-0.39, 0.29) is 0 Å². The second-order valence-electron chi connectivity index (χ2n) is 2.48. The molecule has 9 heavy (non-hydrogen) atoms. The standard InChI is InChI=1S/C7H14O2/c1-3-4-7-6(2)8-5-9-7/h6-7H,3-5H2,1-2H3/t6-,7+/m0/s1. The van der Waals surface area contributed by atoms with Crippen LogP contribution in [0.3, 0.4) is 0 Å². The summed E-state index contributed by atoms with van der Waals surface area (Å²) in [6.45, 7) is 4.72. The first-order valence-electron chi connectivity index (χ1n) is 3.57. The highest BCUT2D eigenvalue weighted by atomic mass is 16.7. The zero-order valence-corrected chi connectivity index (χ0v) is 6.09. The Morgan fingerprint density at radius 3 is 2.67 bits per heavy atom. The van der Waals surface area contributed by atoms with Gasteiger partial charge in [-0.3, -0.25) is 0 Å². The van der Waals surface area contributed by atoms with Crippen molar-refractivity contribution in [3.05, 3.63) is 0 Å². The molecular weight excluding hydrogens is 116 g/mol. The van der Waals surface area contributed by atoms with Crippen molar-refractivity contribution in [2.24, 2.45) is 0 Å². The van der Waals surface area contributed by atoms with Crippen molar-refractivity contribution in [2.45, 2.75) is 38.9 Å². The van der Waals surface area contributed by atoms with E-state index in [1.54, 1.807) is 0 Å². The van der Waals surface area contributed by atoms with Crippen molar-refractivity contribution in [3.8, 4) is 0 Å². The van der Waals surface area contributed by atoms with Crippen LogP contribution in [0.4, 0.5) is 0 Å². The van der Waals surface area contributed by atoms with Crippen molar-refractivity contribution < 1.29 is 9.47 Å². The second kappa shape index (κ2) is 3.18. The molecular formula is C7H14O2. The Morgan fingerprint density at radius 2 is 2.22 bits per heavy atom. The lowest BCUT2D eigenvalue weighted by Gasteiger charge is -2.09. The average molecular weight is 130 g/mol. The van der Waals surface area contributed by atoms with E-state index in [4.69, 9.17) is 9.47 Å². The van der Waals surface area contributed by atoms with Crippen molar-refractivity contribution >= 4 is 0 Å². The molecule has 0 saturated carbocycles. The minimum absolute atomic E-state index is 0.310. The Morgan fingerprint density at radius 1 is 1.44 bits per heavy atom. The van der Waals surface area contributed by atoms with Gasteiger partial charge in [-0.25, -0.2) is 0 Å². The average Bonchev–Trinajstić information content (AvgIpc) is 2.18. The first-order chi connectivity index (χ1) is 4.34. The highest BCUT2D eigenvalue weighted by Gasteiger charge is 2.23. The number of hydrogen-bond donors (Lipinski definition) is 0. The van der Waals surface area contributed by atoms with Gasteiger partial charge in [-0.2, -0.15) is 0 Å². The summed E-state index contributed by atoms with van der Waals surface area (Å²) in [5, 5.41) is 0. The van der Waals surface area contributed by atoms with Crippen LogP contribution in [-0.4, -0.2) is 19.0 Å². The van der Waals surface area contributed by atoms with Crippen LogP contribution in [0, 0.1) is 0 Å². The van der Waals surface area contributed by atoms with Crippen molar-refractivity contribution in [1.82, 2.24) is 0 Å². The predicted octanol–water partition coefficient (Wildman–Crippen LogP) is 1.55. The maximum Gasteiger partial charge on any atom is 0.147 e. The molecule has 2 heteroatoms. The minimum Gasteiger partial charge on any atom is -0.350 e. The Hall–Kier alpha value is -0.0800. The highest BCUT2D eigenvalue weighted by Crippen LogP contribution is 2.16. The highest BCUT2D eigenvalue weighted by molar-refractivity contribution is 4.68. The fraction of sp³-hybridized carbons (Fsp3) is 1.00. The zero-order valence-electron chi connectivity index (χ0n) is 6.09. The molecule has 0 spiro atoms.